The van der Waals surface area contributed by atoms with Gasteiger partial charge in [-0.1, -0.05) is 6.07 Å². The van der Waals surface area contributed by atoms with E-state index in [2.05, 4.69) is 4.74 Å². The minimum atomic E-state index is -4.49. The zero-order valence-electron chi connectivity index (χ0n) is 12.5. The van der Waals surface area contributed by atoms with Crippen molar-refractivity contribution in [1.82, 2.24) is 0 Å². The Morgan fingerprint density at radius 3 is 2.70 bits per heavy atom. The fourth-order valence-electron chi connectivity index (χ4n) is 2.59. The molecule has 1 aromatic carbocycles. The van der Waals surface area contributed by atoms with Crippen LogP contribution < -0.4 is 10.6 Å². The van der Waals surface area contributed by atoms with Crippen LogP contribution >= 0.6 is 0 Å². The topological polar surface area (TPSA) is 72.6 Å². The van der Waals surface area contributed by atoms with E-state index in [9.17, 15) is 22.8 Å². The molecule has 0 saturated carbocycles. The number of nitrogens with zero attached hydrogens (tertiary/aromatic N) is 1. The Hall–Kier alpha value is -2.09. The molecule has 2 amide bonds. The van der Waals surface area contributed by atoms with Crippen LogP contribution in [0.15, 0.2) is 18.2 Å². The second kappa shape index (κ2) is 6.57. The molecule has 8 heteroatoms. The van der Waals surface area contributed by atoms with E-state index in [4.69, 9.17) is 5.73 Å². The molecule has 126 valence electrons. The molecule has 0 aromatic heterocycles. The lowest BCUT2D eigenvalue weighted by Gasteiger charge is -2.32. The van der Waals surface area contributed by atoms with Gasteiger partial charge in [0, 0.05) is 17.8 Å². The summed E-state index contributed by atoms with van der Waals surface area (Å²) in [7, 11) is 0. The zero-order valence-corrected chi connectivity index (χ0v) is 12.5. The Morgan fingerprint density at radius 1 is 1.39 bits per heavy atom. The zero-order chi connectivity index (χ0) is 17.2. The fraction of sp³-hybridized carbons (Fsp3) is 0.467. The summed E-state index contributed by atoms with van der Waals surface area (Å²) in [6, 6.07) is 4.81. The normalized spacial score (nSPS) is 15.9. The van der Waals surface area contributed by atoms with E-state index in [-0.39, 0.29) is 0 Å². The number of hydrogen-bond donors (Lipinski definition) is 1. The molecule has 1 aromatic rings. The van der Waals surface area contributed by atoms with E-state index in [0.717, 1.165) is 0 Å². The number of nitrogens with two attached hydrogens (primary N) is 1. The van der Waals surface area contributed by atoms with Gasteiger partial charge < -0.3 is 15.4 Å². The number of carbonyl (C=O) groups is 2. The van der Waals surface area contributed by atoms with E-state index in [1.54, 1.807) is 18.2 Å². The first-order chi connectivity index (χ1) is 10.7. The maximum absolute atomic E-state index is 12.4. The van der Waals surface area contributed by atoms with Gasteiger partial charge >= 0.3 is 6.18 Å². The molecule has 1 unspecified atom stereocenters. The van der Waals surface area contributed by atoms with Crippen LogP contribution in [0.3, 0.4) is 0 Å². The molecule has 0 bridgehead atoms. The number of carbonyl (C=O) groups excluding carboxylic acids is 2. The lowest BCUT2D eigenvalue weighted by atomic mass is 9.95. The first kappa shape index (κ1) is 17.3. The monoisotopic (exact) mass is 330 g/mol. The van der Waals surface area contributed by atoms with Crippen LogP contribution in [0, 0.1) is 0 Å². The van der Waals surface area contributed by atoms with Crippen LogP contribution in [0.4, 0.5) is 18.9 Å². The third kappa shape index (κ3) is 4.01. The largest absolute Gasteiger partial charge is 0.411 e. The van der Waals surface area contributed by atoms with Crippen LogP contribution in [0.2, 0.25) is 0 Å². The van der Waals surface area contributed by atoms with Crippen molar-refractivity contribution < 1.29 is 27.5 Å². The number of halogens is 3. The van der Waals surface area contributed by atoms with Gasteiger partial charge in [0.2, 0.25) is 5.91 Å². The number of hydrogen-bond acceptors (Lipinski definition) is 3. The highest BCUT2D eigenvalue weighted by Gasteiger charge is 2.33. The van der Waals surface area contributed by atoms with Crippen LogP contribution in [0.5, 0.6) is 0 Å². The van der Waals surface area contributed by atoms with E-state index in [0.29, 0.717) is 36.2 Å². The number of ether oxygens (including phenoxy) is 1. The van der Waals surface area contributed by atoms with Crippen LogP contribution in [-0.2, 0) is 16.0 Å². The molecule has 1 aliphatic heterocycles. The number of rotatable bonds is 4. The molecule has 2 rings (SSSR count). The maximum Gasteiger partial charge on any atom is 0.411 e. The van der Waals surface area contributed by atoms with Gasteiger partial charge in [0.25, 0.3) is 5.91 Å². The molecule has 0 spiro atoms. The first-order valence-electron chi connectivity index (χ1n) is 7.12. The lowest BCUT2D eigenvalue weighted by Crippen LogP contribution is -2.43. The highest BCUT2D eigenvalue weighted by molar-refractivity contribution is 6.01. The average molecular weight is 330 g/mol. The van der Waals surface area contributed by atoms with Gasteiger partial charge in [0.05, 0.1) is 0 Å². The molecule has 0 saturated heterocycles. The summed E-state index contributed by atoms with van der Waals surface area (Å²) in [6.07, 6.45) is -4.56. The van der Waals surface area contributed by atoms with Crippen molar-refractivity contribution >= 4 is 17.5 Å². The molecule has 0 fully saturated rings. The molecule has 0 aliphatic carbocycles. The summed E-state index contributed by atoms with van der Waals surface area (Å²) in [5, 5.41) is 0. The summed E-state index contributed by atoms with van der Waals surface area (Å²) in [4.78, 5) is 25.2. The summed E-state index contributed by atoms with van der Waals surface area (Å²) < 4.78 is 41.2. The summed E-state index contributed by atoms with van der Waals surface area (Å²) in [5.74, 6) is -1.17. The van der Waals surface area contributed by atoms with Gasteiger partial charge in [-0.05, 0) is 37.5 Å². The molecular weight excluding hydrogens is 313 g/mol. The van der Waals surface area contributed by atoms with E-state index >= 15 is 0 Å². The minimum Gasteiger partial charge on any atom is -0.366 e. The van der Waals surface area contributed by atoms with Crippen molar-refractivity contribution in [2.75, 3.05) is 18.1 Å². The highest BCUT2D eigenvalue weighted by Crippen LogP contribution is 2.30. The molecule has 1 heterocycles. The van der Waals surface area contributed by atoms with E-state index in [1.807, 2.05) is 0 Å². The second-order valence-corrected chi connectivity index (χ2v) is 5.33. The molecular formula is C15H17F3N2O3. The van der Waals surface area contributed by atoms with Crippen molar-refractivity contribution in [2.24, 2.45) is 5.73 Å². The quantitative estimate of drug-likeness (QED) is 0.918. The predicted molar refractivity (Wildman–Crippen MR) is 77.1 cm³/mol. The Morgan fingerprint density at radius 2 is 2.09 bits per heavy atom. The number of alkyl halides is 3. The molecule has 23 heavy (non-hydrogen) atoms. The van der Waals surface area contributed by atoms with Gasteiger partial charge in [-0.2, -0.15) is 13.2 Å². The third-order valence-electron chi connectivity index (χ3n) is 3.63. The average Bonchev–Trinajstić information content (AvgIpc) is 2.49. The number of benzene rings is 1. The second-order valence-electron chi connectivity index (χ2n) is 5.33. The van der Waals surface area contributed by atoms with Gasteiger partial charge in [-0.25, -0.2) is 0 Å². The lowest BCUT2D eigenvalue weighted by molar-refractivity contribution is -0.185. The SMILES string of the molecule is CC(OCC(F)(F)F)C(=O)N1CCCc2c(C(N)=O)cccc21. The van der Waals surface area contributed by atoms with Gasteiger partial charge in [0.15, 0.2) is 0 Å². The first-order valence-corrected chi connectivity index (χ1v) is 7.12. The van der Waals surface area contributed by atoms with Crippen molar-refractivity contribution in [2.45, 2.75) is 32.0 Å². The van der Waals surface area contributed by atoms with Crippen molar-refractivity contribution in [1.29, 1.82) is 0 Å². The minimum absolute atomic E-state index is 0.323. The predicted octanol–water partition coefficient (Wildman–Crippen LogP) is 2.03. The maximum atomic E-state index is 12.4. The number of amides is 2. The summed E-state index contributed by atoms with van der Waals surface area (Å²) >= 11 is 0. The van der Waals surface area contributed by atoms with Crippen LogP contribution in [0.1, 0.15) is 29.3 Å². The molecule has 5 nitrogen and oxygen atoms in total. The summed E-state index contributed by atoms with van der Waals surface area (Å²) in [5.41, 5.74) is 6.79. The fourth-order valence-corrected chi connectivity index (χ4v) is 2.59. The highest BCUT2D eigenvalue weighted by atomic mass is 19.4. The third-order valence-corrected chi connectivity index (χ3v) is 3.63. The van der Waals surface area contributed by atoms with E-state index < -0.39 is 30.7 Å². The summed E-state index contributed by atoms with van der Waals surface area (Å²) in [6.45, 7) is 0.149. The van der Waals surface area contributed by atoms with Gasteiger partial charge in [-0.3, -0.25) is 9.59 Å². The number of primary amides is 1. The van der Waals surface area contributed by atoms with Crippen molar-refractivity contribution in [3.63, 3.8) is 0 Å². The Balaban J connectivity index is 2.21. The Kier molecular flexibility index (Phi) is 4.93. The molecule has 2 N–H and O–H groups in total. The smallest absolute Gasteiger partial charge is 0.366 e. The van der Waals surface area contributed by atoms with Gasteiger partial charge in [0.1, 0.15) is 12.7 Å². The Labute approximate surface area is 131 Å². The molecule has 1 aliphatic rings. The molecule has 0 radical (unpaired) electrons. The van der Waals surface area contributed by atoms with Crippen molar-refractivity contribution in [3.05, 3.63) is 29.3 Å². The Bertz CT molecular complexity index is 616. The standard InChI is InChI=1S/C15H17F3N2O3/c1-9(23-8-15(16,17)18)14(22)20-7-3-5-10-11(13(19)21)4-2-6-12(10)20/h2,4,6,9H,3,5,7-8H2,1H3,(H2,19,21). The van der Waals surface area contributed by atoms with Crippen LogP contribution in [-0.4, -0.2) is 37.2 Å². The van der Waals surface area contributed by atoms with E-state index in [1.165, 1.54) is 11.8 Å². The number of fused-ring (bicyclic) bond motifs is 1. The van der Waals surface area contributed by atoms with Gasteiger partial charge in [-0.15, -0.1) is 0 Å². The van der Waals surface area contributed by atoms with Crippen LogP contribution in [0.25, 0.3) is 0 Å². The molecule has 1 atom stereocenters. The number of anilines is 1. The van der Waals surface area contributed by atoms with Crippen molar-refractivity contribution in [3.8, 4) is 0 Å².